The highest BCUT2D eigenvalue weighted by Crippen LogP contribution is 2.28. The normalized spacial score (nSPS) is 15.4. The van der Waals surface area contributed by atoms with Crippen molar-refractivity contribution in [3.8, 4) is 5.75 Å². The Kier molecular flexibility index (Phi) is 8.77. The number of carbonyl (C=O) groups is 1. The second kappa shape index (κ2) is 12.2. The van der Waals surface area contributed by atoms with Gasteiger partial charge >= 0.3 is 0 Å². The van der Waals surface area contributed by atoms with E-state index in [9.17, 15) is 4.79 Å². The number of pyridine rings is 2. The Hall–Kier alpha value is -3.45. The van der Waals surface area contributed by atoms with Crippen molar-refractivity contribution < 1.29 is 9.53 Å². The third-order valence-corrected chi connectivity index (χ3v) is 7.56. The molecule has 1 aromatic carbocycles. The van der Waals surface area contributed by atoms with Gasteiger partial charge in [0.1, 0.15) is 5.75 Å². The maximum atomic E-state index is 11.7. The summed E-state index contributed by atoms with van der Waals surface area (Å²) in [6, 6.07) is 15.5. The molecule has 37 heavy (non-hydrogen) atoms. The lowest BCUT2D eigenvalue weighted by molar-refractivity contribution is 0.0998. The van der Waals surface area contributed by atoms with Crippen LogP contribution in [0.15, 0.2) is 54.9 Å². The Labute approximate surface area is 220 Å². The predicted octanol–water partition coefficient (Wildman–Crippen LogP) is 4.69. The fourth-order valence-electron chi connectivity index (χ4n) is 5.48. The molecule has 0 saturated carbocycles. The van der Waals surface area contributed by atoms with Crippen molar-refractivity contribution in [1.29, 1.82) is 0 Å². The van der Waals surface area contributed by atoms with Crippen molar-refractivity contribution in [3.63, 3.8) is 0 Å². The third kappa shape index (κ3) is 6.66. The molecule has 1 atom stereocenters. The van der Waals surface area contributed by atoms with Crippen LogP contribution in [0, 0.1) is 13.8 Å². The minimum atomic E-state index is -0.405. The zero-order valence-electron chi connectivity index (χ0n) is 22.5. The molecule has 1 fully saturated rings. The fraction of sp³-hybridized carbons (Fsp3) is 0.433. The average Bonchev–Trinajstić information content (AvgIpc) is 2.90. The molecule has 2 aromatic heterocycles. The lowest BCUT2D eigenvalue weighted by Gasteiger charge is -2.42. The van der Waals surface area contributed by atoms with Gasteiger partial charge in [-0.25, -0.2) is 0 Å². The Morgan fingerprint density at radius 3 is 2.51 bits per heavy atom. The molecule has 3 aromatic rings. The van der Waals surface area contributed by atoms with Crippen LogP contribution in [0.1, 0.15) is 59.1 Å². The van der Waals surface area contributed by atoms with Gasteiger partial charge < -0.3 is 20.3 Å². The minimum absolute atomic E-state index is 0.405. The first-order chi connectivity index (χ1) is 17.9. The molecule has 1 saturated heterocycles. The number of hydrogen-bond donors (Lipinski definition) is 1. The monoisotopic (exact) mass is 501 g/mol. The number of ether oxygens (including phenoxy) is 1. The summed E-state index contributed by atoms with van der Waals surface area (Å²) in [6.07, 6.45) is 7.93. The topological polar surface area (TPSA) is 84.6 Å². The lowest BCUT2D eigenvalue weighted by Crippen LogP contribution is -2.47. The molecule has 7 nitrogen and oxygen atoms in total. The van der Waals surface area contributed by atoms with Gasteiger partial charge in [-0.15, -0.1) is 0 Å². The van der Waals surface area contributed by atoms with Crippen LogP contribution < -0.4 is 15.4 Å². The molecule has 2 N–H and O–H groups in total. The molecule has 3 heterocycles. The molecule has 196 valence electrons. The van der Waals surface area contributed by atoms with Gasteiger partial charge in [0.2, 0.25) is 0 Å². The second-order valence-electron chi connectivity index (χ2n) is 10.1. The van der Waals surface area contributed by atoms with Crippen LogP contribution in [0.3, 0.4) is 0 Å². The largest absolute Gasteiger partial charge is 0.497 e. The number of amides is 1. The summed E-state index contributed by atoms with van der Waals surface area (Å²) in [5.74, 6) is 0.468. The molecule has 0 aliphatic carbocycles. The SMILES string of the molecule is COc1ccc(N(Cc2cccnc2)C2CCN([C@H](C)CCc3cc(C)c(C(N)=O)c(C)n3)CC2)cc1. The van der Waals surface area contributed by atoms with Crippen LogP contribution in [0.2, 0.25) is 0 Å². The van der Waals surface area contributed by atoms with E-state index >= 15 is 0 Å². The standard InChI is InChI=1S/C30H39N5O2/c1-21-18-25(33-23(3)29(21)30(31)36)8-7-22(2)34-16-13-27(14-17-34)35(20-24-6-5-15-32-19-24)26-9-11-28(37-4)12-10-26/h5-6,9-12,15,18-19,22,27H,7-8,13-14,16-17,20H2,1-4H3,(H2,31,36)/t22-/m1/s1. The van der Waals surface area contributed by atoms with E-state index in [1.807, 2.05) is 50.5 Å². The summed E-state index contributed by atoms with van der Waals surface area (Å²) in [6.45, 7) is 9.09. The molecule has 0 unspecified atom stereocenters. The van der Waals surface area contributed by atoms with Gasteiger partial charge in [0, 0.05) is 55.5 Å². The summed E-state index contributed by atoms with van der Waals surface area (Å²) < 4.78 is 5.38. The number of aryl methyl sites for hydroxylation is 3. The van der Waals surface area contributed by atoms with Crippen molar-refractivity contribution in [2.75, 3.05) is 25.1 Å². The van der Waals surface area contributed by atoms with E-state index in [1.165, 1.54) is 11.3 Å². The predicted molar refractivity (Wildman–Crippen MR) is 148 cm³/mol. The molecular weight excluding hydrogens is 462 g/mol. The summed E-state index contributed by atoms with van der Waals surface area (Å²) in [4.78, 5) is 25.8. The van der Waals surface area contributed by atoms with E-state index in [0.29, 0.717) is 17.6 Å². The van der Waals surface area contributed by atoms with Gasteiger partial charge in [0.05, 0.1) is 18.4 Å². The Morgan fingerprint density at radius 1 is 1.19 bits per heavy atom. The Morgan fingerprint density at radius 2 is 1.92 bits per heavy atom. The number of likely N-dealkylation sites (tertiary alicyclic amines) is 1. The summed E-state index contributed by atoms with van der Waals surface area (Å²) in [7, 11) is 1.70. The number of hydrogen-bond acceptors (Lipinski definition) is 6. The molecule has 0 spiro atoms. The highest BCUT2D eigenvalue weighted by molar-refractivity contribution is 5.95. The van der Waals surface area contributed by atoms with E-state index in [-0.39, 0.29) is 0 Å². The first kappa shape index (κ1) is 26.6. The van der Waals surface area contributed by atoms with E-state index in [0.717, 1.165) is 68.0 Å². The number of rotatable bonds is 10. The van der Waals surface area contributed by atoms with Gasteiger partial charge in [-0.3, -0.25) is 14.8 Å². The molecule has 0 radical (unpaired) electrons. The van der Waals surface area contributed by atoms with Crippen LogP contribution in [0.25, 0.3) is 0 Å². The summed E-state index contributed by atoms with van der Waals surface area (Å²) >= 11 is 0. The van der Waals surface area contributed by atoms with Crippen molar-refractivity contribution in [3.05, 3.63) is 82.9 Å². The third-order valence-electron chi connectivity index (χ3n) is 7.56. The van der Waals surface area contributed by atoms with Crippen molar-refractivity contribution in [2.24, 2.45) is 5.73 Å². The second-order valence-corrected chi connectivity index (χ2v) is 10.1. The van der Waals surface area contributed by atoms with Crippen molar-refractivity contribution >= 4 is 11.6 Å². The number of primary amides is 1. The average molecular weight is 502 g/mol. The zero-order valence-corrected chi connectivity index (χ0v) is 22.5. The number of nitrogens with two attached hydrogens (primary N) is 1. The summed E-state index contributed by atoms with van der Waals surface area (Å²) in [5.41, 5.74) is 11.2. The van der Waals surface area contributed by atoms with Crippen LogP contribution in [-0.2, 0) is 13.0 Å². The van der Waals surface area contributed by atoms with Gasteiger partial charge in [0.25, 0.3) is 5.91 Å². The number of carbonyl (C=O) groups excluding carboxylic acids is 1. The minimum Gasteiger partial charge on any atom is -0.497 e. The van der Waals surface area contributed by atoms with E-state index in [4.69, 9.17) is 10.5 Å². The van der Waals surface area contributed by atoms with Gasteiger partial charge in [0.15, 0.2) is 0 Å². The molecule has 4 rings (SSSR count). The van der Waals surface area contributed by atoms with Crippen LogP contribution in [0.4, 0.5) is 5.69 Å². The van der Waals surface area contributed by atoms with Crippen molar-refractivity contribution in [1.82, 2.24) is 14.9 Å². The van der Waals surface area contributed by atoms with Gasteiger partial charge in [-0.1, -0.05) is 6.07 Å². The zero-order chi connectivity index (χ0) is 26.4. The molecule has 0 bridgehead atoms. The van der Waals surface area contributed by atoms with E-state index in [1.54, 1.807) is 7.11 Å². The number of methoxy groups -OCH3 is 1. The quantitative estimate of drug-likeness (QED) is 0.434. The summed E-state index contributed by atoms with van der Waals surface area (Å²) in [5, 5.41) is 0. The fourth-order valence-corrected chi connectivity index (χ4v) is 5.48. The van der Waals surface area contributed by atoms with Crippen LogP contribution in [0.5, 0.6) is 5.75 Å². The van der Waals surface area contributed by atoms with Crippen LogP contribution >= 0.6 is 0 Å². The number of piperidine rings is 1. The highest BCUT2D eigenvalue weighted by Gasteiger charge is 2.27. The van der Waals surface area contributed by atoms with Gasteiger partial charge in [-0.2, -0.15) is 0 Å². The molecular formula is C30H39N5O2. The smallest absolute Gasteiger partial charge is 0.250 e. The molecule has 1 amide bonds. The first-order valence-electron chi connectivity index (χ1n) is 13.2. The number of anilines is 1. The maximum Gasteiger partial charge on any atom is 0.250 e. The Balaban J connectivity index is 1.38. The lowest BCUT2D eigenvalue weighted by atomic mass is 9.98. The van der Waals surface area contributed by atoms with Gasteiger partial charge in [-0.05, 0) is 94.0 Å². The number of nitrogens with zero attached hydrogens (tertiary/aromatic N) is 4. The Bertz CT molecular complexity index is 1150. The van der Waals surface area contributed by atoms with E-state index in [2.05, 4.69) is 44.9 Å². The molecule has 1 aliphatic rings. The number of aromatic nitrogens is 2. The molecule has 7 heteroatoms. The maximum absolute atomic E-state index is 11.7. The number of benzene rings is 1. The molecule has 1 aliphatic heterocycles. The van der Waals surface area contributed by atoms with Crippen molar-refractivity contribution in [2.45, 2.75) is 65.1 Å². The first-order valence-corrected chi connectivity index (χ1v) is 13.2. The van der Waals surface area contributed by atoms with E-state index < -0.39 is 5.91 Å². The highest BCUT2D eigenvalue weighted by atomic mass is 16.5. The van der Waals surface area contributed by atoms with Crippen LogP contribution in [-0.4, -0.2) is 53.1 Å².